The quantitative estimate of drug-likeness (QED) is 0.111. The molecule has 81 heavy (non-hydrogen) atoms. The van der Waals surface area contributed by atoms with Crippen LogP contribution in [0.5, 0.6) is 0 Å². The van der Waals surface area contributed by atoms with Crippen molar-refractivity contribution in [2.75, 3.05) is 0 Å². The number of rotatable bonds is 0. The molecule has 17 heteroatoms. The van der Waals surface area contributed by atoms with Crippen LogP contribution in [0.1, 0.15) is 0 Å². The average Bonchev–Trinajstić information content (AvgIpc) is 4.53. The van der Waals surface area contributed by atoms with Gasteiger partial charge < -0.3 is 19.9 Å². The van der Waals surface area contributed by atoms with Crippen LogP contribution >= 0.6 is 0 Å². The fourth-order valence-corrected chi connectivity index (χ4v) is 11.2. The first kappa shape index (κ1) is 46.6. The molecule has 0 fully saturated rings. The zero-order valence-corrected chi connectivity index (χ0v) is 46.5. The molecule has 16 nitrogen and oxygen atoms in total. The number of nitrogens with zero attached hydrogens (tertiary/aromatic N) is 12. The molecule has 0 radical (unpaired) electrons. The second kappa shape index (κ2) is 18.3. The van der Waals surface area contributed by atoms with Gasteiger partial charge in [0.25, 0.3) is 0 Å². The normalized spacial score (nSPS) is 11.9. The number of aromatic nitrogens is 16. The van der Waals surface area contributed by atoms with Gasteiger partial charge in [0.2, 0.25) is 0 Å². The van der Waals surface area contributed by atoms with Crippen LogP contribution in [0.15, 0.2) is 194 Å². The molecule has 0 aliphatic carbocycles. The Morgan fingerprint density at radius 2 is 0.284 bits per heavy atom. The van der Waals surface area contributed by atoms with E-state index in [1.165, 1.54) is 0 Å². The van der Waals surface area contributed by atoms with Gasteiger partial charge in [-0.15, -0.1) is 0 Å². The Hall–Kier alpha value is -10.5. The third kappa shape index (κ3) is 7.51. The summed E-state index contributed by atoms with van der Waals surface area (Å²) < 4.78 is 0. The van der Waals surface area contributed by atoms with Crippen LogP contribution in [0.2, 0.25) is 0 Å². The molecule has 10 heterocycles. The summed E-state index contributed by atoms with van der Waals surface area (Å²) in [6.07, 6.45) is 0. The van der Waals surface area contributed by atoms with E-state index in [0.717, 1.165) is 87.6 Å². The van der Waals surface area contributed by atoms with E-state index >= 15 is 0 Å². The first-order chi connectivity index (χ1) is 39.6. The molecule has 0 unspecified atom stereocenters. The standard InChI is InChI=1S/2C32H18N8.U/c2*1-2-10-18-17(9-1)25-33-26(18)38-28-21-13-5-6-14-22(21)30(35-28)40-32-24-16-8-7-15-23(24)31(36-32)39-29-20-12-4-3-11-19(20)27(34-29)37-25;/h2*1-16H,(H2,33,34,35,36,37,38,39,40);. The van der Waals surface area contributed by atoms with E-state index in [1.54, 1.807) is 0 Å². The van der Waals surface area contributed by atoms with Gasteiger partial charge in [-0.1, -0.05) is 194 Å². The van der Waals surface area contributed by atoms with Crippen molar-refractivity contribution in [2.24, 2.45) is 0 Å². The van der Waals surface area contributed by atoms with Gasteiger partial charge in [-0.05, 0) is 0 Å². The number of aromatic amines is 4. The van der Waals surface area contributed by atoms with Gasteiger partial charge in [-0.25, -0.2) is 59.8 Å². The second-order valence-electron chi connectivity index (χ2n) is 19.6. The zero-order chi connectivity index (χ0) is 52.4. The van der Waals surface area contributed by atoms with Crippen molar-refractivity contribution < 1.29 is 31.1 Å². The van der Waals surface area contributed by atoms with Gasteiger partial charge >= 0.3 is 0 Å². The molecular weight excluding hydrogens is 1230 g/mol. The largest absolute Gasteiger partial charge is 0.324 e. The fraction of sp³-hybridized carbons (Fsp3) is 0. The van der Waals surface area contributed by atoms with Crippen LogP contribution in [-0.2, 0) is 0 Å². The Morgan fingerprint density at radius 1 is 0.160 bits per heavy atom. The smallest absolute Gasteiger partial charge is 0.164 e. The Bertz CT molecular complexity index is 4390. The SMILES string of the molecule is [U].c1ccc2c(c1)-c1nc-2nc2[nH]c(nc3nc(nc4[nH]c(n1)c1ccccc41)-c1ccccc1-3)c1ccccc21.c1ccc2c(c1)-c1nc-2nc2[nH]c(nc3nc(nc4[nH]c(n1)c1ccccc41)-c1ccccc1-3)c1ccccc21. The first-order valence-electron chi connectivity index (χ1n) is 26.0. The fourth-order valence-electron chi connectivity index (χ4n) is 11.2. The van der Waals surface area contributed by atoms with Crippen LogP contribution in [0, 0.1) is 31.1 Å². The van der Waals surface area contributed by atoms with Crippen molar-refractivity contribution in [3.8, 4) is 91.1 Å². The van der Waals surface area contributed by atoms with Crippen LogP contribution < -0.4 is 0 Å². The summed E-state index contributed by atoms with van der Waals surface area (Å²) in [5.41, 5.74) is 12.9. The topological polar surface area (TPSA) is 218 Å². The molecule has 0 amide bonds. The maximum absolute atomic E-state index is 5.02. The van der Waals surface area contributed by atoms with E-state index in [-0.39, 0.29) is 31.1 Å². The summed E-state index contributed by atoms with van der Waals surface area (Å²) in [5.74, 6) is 4.78. The zero-order valence-electron chi connectivity index (χ0n) is 42.3. The molecule has 0 spiro atoms. The van der Waals surface area contributed by atoms with E-state index in [1.807, 2.05) is 194 Å². The maximum atomic E-state index is 5.02. The van der Waals surface area contributed by atoms with Gasteiger partial charge in [0.05, 0.1) is 0 Å². The van der Waals surface area contributed by atoms with Crippen LogP contribution in [0.4, 0.5) is 0 Å². The van der Waals surface area contributed by atoms with Crippen LogP contribution in [0.25, 0.3) is 179 Å². The van der Waals surface area contributed by atoms with E-state index in [9.17, 15) is 0 Å². The minimum atomic E-state index is 0. The minimum absolute atomic E-state index is 0. The summed E-state index contributed by atoms with van der Waals surface area (Å²) >= 11 is 0. The molecule has 6 aromatic heterocycles. The molecular formula is C64H36N16U. The third-order valence-electron chi connectivity index (χ3n) is 14.9. The first-order valence-corrected chi connectivity index (χ1v) is 26.0. The number of hydrogen-bond donors (Lipinski definition) is 4. The second-order valence-corrected chi connectivity index (χ2v) is 19.6. The minimum Gasteiger partial charge on any atom is -0.324 e. The van der Waals surface area contributed by atoms with Crippen molar-refractivity contribution in [2.45, 2.75) is 0 Å². The summed E-state index contributed by atoms with van der Waals surface area (Å²) in [5, 5.41) is 7.64. The Balaban J connectivity index is 0.000000132. The predicted molar refractivity (Wildman–Crippen MR) is 312 cm³/mol. The van der Waals surface area contributed by atoms with Gasteiger partial charge in [-0.2, -0.15) is 0 Å². The van der Waals surface area contributed by atoms with Gasteiger partial charge in [0.1, 0.15) is 45.2 Å². The molecule has 4 aliphatic rings. The number of H-pyrrole nitrogens is 4. The van der Waals surface area contributed by atoms with E-state index < -0.39 is 0 Å². The third-order valence-corrected chi connectivity index (χ3v) is 14.9. The molecule has 0 atom stereocenters. The molecule has 4 N–H and O–H groups in total. The van der Waals surface area contributed by atoms with Crippen LogP contribution in [0.3, 0.4) is 0 Å². The summed E-state index contributed by atoms with van der Waals surface area (Å²) in [6, 6.07) is 64.5. The molecule has 14 aromatic rings. The number of benzene rings is 8. The molecule has 16 bridgehead atoms. The van der Waals surface area contributed by atoms with E-state index in [0.29, 0.717) is 91.8 Å². The predicted octanol–water partition coefficient (Wildman–Crippen LogP) is 13.7. The average molecular weight is 1270 g/mol. The Kier molecular flexibility index (Phi) is 10.5. The van der Waals surface area contributed by atoms with Crippen LogP contribution in [-0.4, -0.2) is 79.7 Å². The van der Waals surface area contributed by atoms with Gasteiger partial charge in [0.15, 0.2) is 46.6 Å². The number of hydrogen-bond acceptors (Lipinski definition) is 12. The molecule has 8 aromatic carbocycles. The van der Waals surface area contributed by atoms with E-state index in [2.05, 4.69) is 19.9 Å². The Labute approximate surface area is 481 Å². The van der Waals surface area contributed by atoms with Crippen molar-refractivity contribution in [3.63, 3.8) is 0 Å². The van der Waals surface area contributed by atoms with Gasteiger partial charge in [0, 0.05) is 119 Å². The number of nitrogens with one attached hydrogen (secondary N) is 4. The Morgan fingerprint density at radius 3 is 0.420 bits per heavy atom. The molecule has 0 saturated heterocycles. The van der Waals surface area contributed by atoms with E-state index in [4.69, 9.17) is 59.8 Å². The van der Waals surface area contributed by atoms with Crippen molar-refractivity contribution in [1.29, 1.82) is 0 Å². The summed E-state index contributed by atoms with van der Waals surface area (Å²) in [6.45, 7) is 0. The monoisotopic (exact) mass is 1270 g/mol. The van der Waals surface area contributed by atoms with Crippen molar-refractivity contribution in [3.05, 3.63) is 194 Å². The maximum Gasteiger partial charge on any atom is 0.164 e. The van der Waals surface area contributed by atoms with Crippen molar-refractivity contribution in [1.82, 2.24) is 79.7 Å². The van der Waals surface area contributed by atoms with Gasteiger partial charge in [-0.3, -0.25) is 0 Å². The summed E-state index contributed by atoms with van der Waals surface area (Å²) in [7, 11) is 0. The molecule has 18 rings (SSSR count). The number of fused-ring (bicyclic) bond motifs is 40. The molecule has 4 aliphatic heterocycles. The van der Waals surface area contributed by atoms with Crippen molar-refractivity contribution >= 4 is 88.3 Å². The summed E-state index contributed by atoms with van der Waals surface area (Å²) in [4.78, 5) is 73.5. The molecule has 376 valence electrons. The molecule has 0 saturated carbocycles.